The van der Waals surface area contributed by atoms with Gasteiger partial charge in [-0.15, -0.1) is 0 Å². The van der Waals surface area contributed by atoms with Crippen LogP contribution in [0.4, 0.5) is 0 Å². The van der Waals surface area contributed by atoms with Gasteiger partial charge in [-0.2, -0.15) is 0 Å². The lowest BCUT2D eigenvalue weighted by Crippen LogP contribution is -2.31. The zero-order valence-electron chi connectivity index (χ0n) is 9.87. The van der Waals surface area contributed by atoms with Crippen LogP contribution in [0.25, 0.3) is 0 Å². The van der Waals surface area contributed by atoms with Crippen molar-refractivity contribution < 1.29 is 4.79 Å². The quantitative estimate of drug-likeness (QED) is 0.807. The summed E-state index contributed by atoms with van der Waals surface area (Å²) in [4.78, 5) is 14.0. The molecule has 0 bridgehead atoms. The summed E-state index contributed by atoms with van der Waals surface area (Å²) in [6.45, 7) is 5.77. The summed E-state index contributed by atoms with van der Waals surface area (Å²) in [5, 5.41) is 0. The van der Waals surface area contributed by atoms with Gasteiger partial charge >= 0.3 is 0 Å². The molecule has 0 fully saturated rings. The predicted octanol–water partition coefficient (Wildman–Crippen LogP) is 3.71. The van der Waals surface area contributed by atoms with Gasteiger partial charge in [0.1, 0.15) is 0 Å². The Morgan fingerprint density at radius 3 is 2.69 bits per heavy atom. The van der Waals surface area contributed by atoms with Crippen LogP contribution in [0.5, 0.6) is 0 Å². The molecule has 1 amide bonds. The molecule has 0 saturated carbocycles. The zero-order valence-corrected chi connectivity index (χ0v) is 11.5. The van der Waals surface area contributed by atoms with Gasteiger partial charge in [0.05, 0.1) is 0 Å². The molecule has 0 unspecified atom stereocenters. The van der Waals surface area contributed by atoms with Crippen LogP contribution in [0, 0.1) is 0 Å². The molecule has 0 saturated heterocycles. The van der Waals surface area contributed by atoms with Gasteiger partial charge in [0.25, 0.3) is 5.91 Å². The molecule has 16 heavy (non-hydrogen) atoms. The fraction of sp³-hybridized carbons (Fsp3) is 0.462. The molecule has 88 valence electrons. The molecule has 1 aromatic carbocycles. The number of halogens is 1. The van der Waals surface area contributed by atoms with Crippen LogP contribution in [-0.4, -0.2) is 23.9 Å². The first-order valence-corrected chi connectivity index (χ1v) is 6.53. The Labute approximate surface area is 106 Å². The number of hydrogen-bond acceptors (Lipinski definition) is 1. The third-order valence-electron chi connectivity index (χ3n) is 2.52. The highest BCUT2D eigenvalue weighted by Gasteiger charge is 2.13. The third-order valence-corrected chi connectivity index (χ3v) is 3.02. The molecule has 2 nitrogen and oxygen atoms in total. The predicted molar refractivity (Wildman–Crippen MR) is 70.6 cm³/mol. The van der Waals surface area contributed by atoms with Crippen LogP contribution >= 0.6 is 15.9 Å². The van der Waals surface area contributed by atoms with E-state index in [1.807, 2.05) is 36.1 Å². The van der Waals surface area contributed by atoms with Crippen LogP contribution in [0.2, 0.25) is 0 Å². The number of amides is 1. The molecule has 0 atom stereocenters. The van der Waals surface area contributed by atoms with Crippen LogP contribution in [0.3, 0.4) is 0 Å². The summed E-state index contributed by atoms with van der Waals surface area (Å²) >= 11 is 3.38. The van der Waals surface area contributed by atoms with E-state index < -0.39 is 0 Å². The summed E-state index contributed by atoms with van der Waals surface area (Å²) in [6.07, 6.45) is 2.18. The van der Waals surface area contributed by atoms with Crippen molar-refractivity contribution in [1.29, 1.82) is 0 Å². The molecular weight excluding hydrogens is 266 g/mol. The number of carbonyl (C=O) groups excluding carboxylic acids is 1. The smallest absolute Gasteiger partial charge is 0.253 e. The first-order chi connectivity index (χ1) is 7.69. The number of rotatable bonds is 5. The molecule has 0 radical (unpaired) electrons. The van der Waals surface area contributed by atoms with Gasteiger partial charge in [-0.1, -0.05) is 35.3 Å². The van der Waals surface area contributed by atoms with Crippen molar-refractivity contribution in [3.8, 4) is 0 Å². The molecule has 1 aromatic rings. The van der Waals surface area contributed by atoms with Gasteiger partial charge in [-0.25, -0.2) is 0 Å². The third kappa shape index (κ3) is 3.63. The maximum Gasteiger partial charge on any atom is 0.253 e. The molecule has 0 aliphatic heterocycles. The van der Waals surface area contributed by atoms with Crippen molar-refractivity contribution in [2.45, 2.75) is 26.7 Å². The van der Waals surface area contributed by atoms with Gasteiger partial charge in [-0.3, -0.25) is 4.79 Å². The van der Waals surface area contributed by atoms with Gasteiger partial charge in [0, 0.05) is 23.1 Å². The first-order valence-electron chi connectivity index (χ1n) is 5.73. The average Bonchev–Trinajstić information content (AvgIpc) is 2.29. The minimum atomic E-state index is 0.122. The zero-order chi connectivity index (χ0) is 12.0. The van der Waals surface area contributed by atoms with Gasteiger partial charge < -0.3 is 4.90 Å². The summed E-state index contributed by atoms with van der Waals surface area (Å²) in [6, 6.07) is 7.56. The SMILES string of the molecule is CCCCN(CC)C(=O)c1cccc(Br)c1. The van der Waals surface area contributed by atoms with Crippen LogP contribution in [-0.2, 0) is 0 Å². The Bertz CT molecular complexity index is 352. The Morgan fingerprint density at radius 1 is 1.38 bits per heavy atom. The Kier molecular flexibility index (Phi) is 5.53. The summed E-state index contributed by atoms with van der Waals surface area (Å²) in [7, 11) is 0. The molecule has 0 spiro atoms. The maximum atomic E-state index is 12.1. The van der Waals surface area contributed by atoms with Crippen LogP contribution in [0.15, 0.2) is 28.7 Å². The molecular formula is C13H18BrNO. The highest BCUT2D eigenvalue weighted by Crippen LogP contribution is 2.13. The monoisotopic (exact) mass is 283 g/mol. The molecule has 0 aliphatic rings. The van der Waals surface area contributed by atoms with Crippen LogP contribution in [0.1, 0.15) is 37.0 Å². The van der Waals surface area contributed by atoms with E-state index in [4.69, 9.17) is 0 Å². The van der Waals surface area contributed by atoms with E-state index >= 15 is 0 Å². The Morgan fingerprint density at radius 2 is 2.12 bits per heavy atom. The fourth-order valence-corrected chi connectivity index (χ4v) is 1.96. The van der Waals surface area contributed by atoms with Gasteiger partial charge in [0.2, 0.25) is 0 Å². The highest BCUT2D eigenvalue weighted by atomic mass is 79.9. The minimum absolute atomic E-state index is 0.122. The Hall–Kier alpha value is -0.830. The van der Waals surface area contributed by atoms with Gasteiger partial charge in [-0.05, 0) is 31.5 Å². The van der Waals surface area contributed by atoms with E-state index in [9.17, 15) is 4.79 Å². The Balaban J connectivity index is 2.74. The van der Waals surface area contributed by atoms with Gasteiger partial charge in [0.15, 0.2) is 0 Å². The lowest BCUT2D eigenvalue weighted by molar-refractivity contribution is 0.0762. The van der Waals surface area contributed by atoms with Crippen molar-refractivity contribution in [1.82, 2.24) is 4.90 Å². The van der Waals surface area contributed by atoms with Crippen molar-refractivity contribution in [2.24, 2.45) is 0 Å². The summed E-state index contributed by atoms with van der Waals surface area (Å²) < 4.78 is 0.949. The summed E-state index contributed by atoms with van der Waals surface area (Å²) in [5.41, 5.74) is 0.757. The van der Waals surface area contributed by atoms with Crippen molar-refractivity contribution >= 4 is 21.8 Å². The first kappa shape index (κ1) is 13.2. The number of benzene rings is 1. The van der Waals surface area contributed by atoms with E-state index in [2.05, 4.69) is 22.9 Å². The number of hydrogen-bond donors (Lipinski definition) is 0. The summed E-state index contributed by atoms with van der Waals surface area (Å²) in [5.74, 6) is 0.122. The second kappa shape index (κ2) is 6.69. The number of nitrogens with zero attached hydrogens (tertiary/aromatic N) is 1. The van der Waals surface area contributed by atoms with E-state index in [1.165, 1.54) is 0 Å². The standard InChI is InChI=1S/C13H18BrNO/c1-3-5-9-15(4-2)13(16)11-7-6-8-12(14)10-11/h6-8,10H,3-5,9H2,1-2H3. The average molecular weight is 284 g/mol. The molecule has 0 aromatic heterocycles. The largest absolute Gasteiger partial charge is 0.339 e. The second-order valence-corrected chi connectivity index (χ2v) is 4.66. The van der Waals surface area contributed by atoms with E-state index in [-0.39, 0.29) is 5.91 Å². The highest BCUT2D eigenvalue weighted by molar-refractivity contribution is 9.10. The number of carbonyl (C=O) groups is 1. The van der Waals surface area contributed by atoms with Crippen molar-refractivity contribution in [2.75, 3.05) is 13.1 Å². The minimum Gasteiger partial charge on any atom is -0.339 e. The fourth-order valence-electron chi connectivity index (χ4n) is 1.56. The van der Waals surface area contributed by atoms with Crippen molar-refractivity contribution in [3.05, 3.63) is 34.3 Å². The molecule has 0 aliphatic carbocycles. The van der Waals surface area contributed by atoms with Crippen LogP contribution < -0.4 is 0 Å². The molecule has 0 heterocycles. The van der Waals surface area contributed by atoms with E-state index in [0.717, 1.165) is 36.0 Å². The van der Waals surface area contributed by atoms with Crippen molar-refractivity contribution in [3.63, 3.8) is 0 Å². The molecule has 1 rings (SSSR count). The normalized spacial score (nSPS) is 10.2. The lowest BCUT2D eigenvalue weighted by atomic mass is 10.2. The lowest BCUT2D eigenvalue weighted by Gasteiger charge is -2.20. The molecule has 3 heteroatoms. The topological polar surface area (TPSA) is 20.3 Å². The second-order valence-electron chi connectivity index (χ2n) is 3.75. The molecule has 0 N–H and O–H groups in total. The van der Waals surface area contributed by atoms with E-state index in [0.29, 0.717) is 0 Å². The maximum absolute atomic E-state index is 12.1. The number of unbranched alkanes of at least 4 members (excludes halogenated alkanes) is 1. The van der Waals surface area contributed by atoms with E-state index in [1.54, 1.807) is 0 Å².